The van der Waals surface area contributed by atoms with Crippen molar-refractivity contribution in [2.45, 2.75) is 5.94 Å². The highest BCUT2D eigenvalue weighted by atomic mass is 14.6. The van der Waals surface area contributed by atoms with Crippen LogP contribution >= 0.6 is 0 Å². The summed E-state index contributed by atoms with van der Waals surface area (Å²) in [5, 5.41) is 0. The van der Waals surface area contributed by atoms with Gasteiger partial charge in [-0.2, -0.15) is 0 Å². The van der Waals surface area contributed by atoms with Crippen molar-refractivity contribution in [3.8, 4) is 0 Å². The van der Waals surface area contributed by atoms with Crippen molar-refractivity contribution in [2.75, 3.05) is 0 Å². The summed E-state index contributed by atoms with van der Waals surface area (Å²) in [6.45, 7) is 3.31. The van der Waals surface area contributed by atoms with Crippen LogP contribution in [0.4, 0.5) is 0 Å². The maximum Gasteiger partial charge on any atom is 0.0959 e. The Balaban J connectivity index is 2.83. The average Bonchev–Trinajstić information content (AvgIpc) is 1.38. The number of hydrogen-bond acceptors (Lipinski definition) is 1. The molecule has 0 aliphatic carbocycles. The van der Waals surface area contributed by atoms with Crippen molar-refractivity contribution in [3.63, 3.8) is 0 Å². The standard InChI is InChI=1S/C3H6BN/c1-2-3(4)5/h2-3H,1,5H2. The molecular formula is C3H6BN. The molecule has 2 heteroatoms. The van der Waals surface area contributed by atoms with E-state index in [1.807, 2.05) is 0 Å². The predicted molar refractivity (Wildman–Crippen MR) is 23.9 cm³/mol. The molecule has 0 saturated heterocycles. The van der Waals surface area contributed by atoms with Gasteiger partial charge in [0.2, 0.25) is 0 Å². The summed E-state index contributed by atoms with van der Waals surface area (Å²) in [7, 11) is 4.95. The summed E-state index contributed by atoms with van der Waals surface area (Å²) >= 11 is 0. The minimum absolute atomic E-state index is 0.352. The zero-order valence-corrected chi connectivity index (χ0v) is 3.02. The van der Waals surface area contributed by atoms with E-state index in [0.29, 0.717) is 0 Å². The van der Waals surface area contributed by atoms with Crippen LogP contribution in [0, 0.1) is 0 Å². The van der Waals surface area contributed by atoms with Crippen LogP contribution in [0.15, 0.2) is 12.7 Å². The first-order valence-electron chi connectivity index (χ1n) is 1.41. The van der Waals surface area contributed by atoms with Gasteiger partial charge in [0, 0.05) is 0 Å². The number of hydrogen-bond donors (Lipinski definition) is 1. The molecule has 1 nitrogen and oxygen atoms in total. The molecule has 1 unspecified atom stereocenters. The van der Waals surface area contributed by atoms with Crippen LogP contribution in [0.1, 0.15) is 0 Å². The summed E-state index contributed by atoms with van der Waals surface area (Å²) < 4.78 is 0. The first kappa shape index (κ1) is 4.76. The molecule has 5 heavy (non-hydrogen) atoms. The lowest BCUT2D eigenvalue weighted by Gasteiger charge is -1.86. The van der Waals surface area contributed by atoms with Gasteiger partial charge in [-0.15, -0.1) is 6.58 Å². The lowest BCUT2D eigenvalue weighted by Crippen LogP contribution is -2.14. The molecule has 0 saturated carbocycles. The highest BCUT2D eigenvalue weighted by Crippen LogP contribution is 1.60. The molecule has 0 spiro atoms. The summed E-state index contributed by atoms with van der Waals surface area (Å²) in [6.07, 6.45) is 1.47. The van der Waals surface area contributed by atoms with Gasteiger partial charge in [0.15, 0.2) is 0 Å². The SMILES string of the molecule is [B]C(N)C=C. The molecule has 2 N–H and O–H groups in total. The van der Waals surface area contributed by atoms with Gasteiger partial charge in [0.1, 0.15) is 0 Å². The third-order valence-corrected chi connectivity index (χ3v) is 0.272. The van der Waals surface area contributed by atoms with E-state index < -0.39 is 0 Å². The van der Waals surface area contributed by atoms with Crippen LogP contribution in [0.25, 0.3) is 0 Å². The molecular weight excluding hydrogens is 60.9 g/mol. The van der Waals surface area contributed by atoms with E-state index in [4.69, 9.17) is 13.6 Å². The molecule has 26 valence electrons. The Bertz CT molecular complexity index is 33.9. The topological polar surface area (TPSA) is 26.0 Å². The van der Waals surface area contributed by atoms with E-state index in [2.05, 4.69) is 6.58 Å². The monoisotopic (exact) mass is 67.1 g/mol. The van der Waals surface area contributed by atoms with Crippen LogP contribution in [0.3, 0.4) is 0 Å². The maximum atomic E-state index is 4.95. The Kier molecular flexibility index (Phi) is 1.94. The lowest BCUT2D eigenvalue weighted by molar-refractivity contribution is 1.15. The van der Waals surface area contributed by atoms with Crippen molar-refractivity contribution < 1.29 is 0 Å². The van der Waals surface area contributed by atoms with Gasteiger partial charge in [0.25, 0.3) is 0 Å². The second kappa shape index (κ2) is 2.03. The van der Waals surface area contributed by atoms with E-state index in [1.165, 1.54) is 6.08 Å². The first-order valence-corrected chi connectivity index (χ1v) is 1.41. The van der Waals surface area contributed by atoms with Gasteiger partial charge in [-0.05, 0) is 5.94 Å². The van der Waals surface area contributed by atoms with E-state index in [-0.39, 0.29) is 5.94 Å². The van der Waals surface area contributed by atoms with Gasteiger partial charge in [-0.25, -0.2) is 0 Å². The van der Waals surface area contributed by atoms with Gasteiger partial charge < -0.3 is 5.73 Å². The maximum absolute atomic E-state index is 4.95. The second-order valence-corrected chi connectivity index (χ2v) is 0.813. The van der Waals surface area contributed by atoms with E-state index in [0.717, 1.165) is 0 Å². The van der Waals surface area contributed by atoms with E-state index in [1.54, 1.807) is 0 Å². The molecule has 0 bridgehead atoms. The molecule has 0 rings (SSSR count). The lowest BCUT2D eigenvalue weighted by atomic mass is 9.99. The van der Waals surface area contributed by atoms with Gasteiger partial charge >= 0.3 is 0 Å². The van der Waals surface area contributed by atoms with Crippen LogP contribution in [0.5, 0.6) is 0 Å². The molecule has 0 fully saturated rings. The van der Waals surface area contributed by atoms with E-state index in [9.17, 15) is 0 Å². The predicted octanol–water partition coefficient (Wildman–Crippen LogP) is -0.374. The van der Waals surface area contributed by atoms with E-state index >= 15 is 0 Å². The first-order chi connectivity index (χ1) is 2.27. The summed E-state index contributed by atoms with van der Waals surface area (Å²) in [5.41, 5.74) is 4.95. The third-order valence-electron chi connectivity index (χ3n) is 0.272. The largest absolute Gasteiger partial charge is 0.332 e. The summed E-state index contributed by atoms with van der Waals surface area (Å²) in [5.74, 6) is -0.352. The smallest absolute Gasteiger partial charge is 0.0959 e. The Morgan fingerprint density at radius 2 is 2.20 bits per heavy atom. The van der Waals surface area contributed by atoms with Crippen molar-refractivity contribution >= 4 is 7.85 Å². The van der Waals surface area contributed by atoms with Crippen LogP contribution in [0.2, 0.25) is 0 Å². The molecule has 0 heterocycles. The van der Waals surface area contributed by atoms with Crippen LogP contribution in [-0.4, -0.2) is 13.8 Å². The highest BCUT2D eigenvalue weighted by Gasteiger charge is 1.73. The molecule has 0 aliphatic rings. The third kappa shape index (κ3) is 3.76. The minimum Gasteiger partial charge on any atom is -0.332 e. The highest BCUT2D eigenvalue weighted by molar-refractivity contribution is 6.12. The fourth-order valence-corrected chi connectivity index (χ4v) is 0. The van der Waals surface area contributed by atoms with Gasteiger partial charge in [0.05, 0.1) is 7.85 Å². The van der Waals surface area contributed by atoms with Crippen molar-refractivity contribution in [1.82, 2.24) is 0 Å². The Morgan fingerprint density at radius 3 is 2.20 bits per heavy atom. The molecule has 2 radical (unpaired) electrons. The normalized spacial score (nSPS) is 13.8. The zero-order valence-electron chi connectivity index (χ0n) is 3.02. The fourth-order valence-electron chi connectivity index (χ4n) is 0. The van der Waals surface area contributed by atoms with Crippen molar-refractivity contribution in [2.24, 2.45) is 5.73 Å². The quantitative estimate of drug-likeness (QED) is 0.328. The number of nitrogens with two attached hydrogens (primary N) is 1. The van der Waals surface area contributed by atoms with Crippen LogP contribution in [-0.2, 0) is 0 Å². The van der Waals surface area contributed by atoms with Gasteiger partial charge in [-0.3, -0.25) is 0 Å². The summed E-state index contributed by atoms with van der Waals surface area (Å²) in [6, 6.07) is 0. The second-order valence-electron chi connectivity index (χ2n) is 0.813. The number of rotatable bonds is 1. The molecule has 0 aliphatic heterocycles. The molecule has 0 amide bonds. The molecule has 0 aromatic heterocycles. The van der Waals surface area contributed by atoms with Crippen molar-refractivity contribution in [3.05, 3.63) is 12.7 Å². The summed E-state index contributed by atoms with van der Waals surface area (Å²) in [4.78, 5) is 0. The Hall–Kier alpha value is -0.235. The minimum atomic E-state index is -0.352. The Labute approximate surface area is 33.3 Å². The molecule has 0 aromatic carbocycles. The zero-order chi connectivity index (χ0) is 4.28. The average molecular weight is 66.9 g/mol. The van der Waals surface area contributed by atoms with Crippen LogP contribution < -0.4 is 5.73 Å². The fraction of sp³-hybridized carbons (Fsp3) is 0.333. The Morgan fingerprint density at radius 1 is 2.00 bits per heavy atom. The van der Waals surface area contributed by atoms with Crippen molar-refractivity contribution in [1.29, 1.82) is 0 Å². The molecule has 1 atom stereocenters. The molecule has 0 aromatic rings. The van der Waals surface area contributed by atoms with Gasteiger partial charge in [-0.1, -0.05) is 6.08 Å².